The van der Waals surface area contributed by atoms with Crippen LogP contribution in [0, 0.1) is 13.8 Å². The number of ether oxygens (including phenoxy) is 1. The average Bonchev–Trinajstić information content (AvgIpc) is 3.60. The summed E-state index contributed by atoms with van der Waals surface area (Å²) in [5, 5.41) is 9.52. The van der Waals surface area contributed by atoms with Gasteiger partial charge in [0.1, 0.15) is 12.4 Å². The van der Waals surface area contributed by atoms with Gasteiger partial charge in [-0.2, -0.15) is 0 Å². The van der Waals surface area contributed by atoms with E-state index >= 15 is 0 Å². The van der Waals surface area contributed by atoms with Crippen molar-refractivity contribution in [2.75, 3.05) is 49.2 Å². The molecule has 174 valence electrons. The van der Waals surface area contributed by atoms with Crippen molar-refractivity contribution in [3.05, 3.63) is 52.7 Å². The molecular formula is C25H30N4O4. The first-order valence-corrected chi connectivity index (χ1v) is 11.6. The Morgan fingerprint density at radius 2 is 1.88 bits per heavy atom. The molecule has 1 atom stereocenters. The highest BCUT2D eigenvalue weighted by atomic mass is 16.6. The van der Waals surface area contributed by atoms with E-state index < -0.39 is 12.1 Å². The van der Waals surface area contributed by atoms with Crippen molar-refractivity contribution >= 4 is 23.5 Å². The first-order valence-electron chi connectivity index (χ1n) is 11.6. The molecular weight excluding hydrogens is 420 g/mol. The summed E-state index contributed by atoms with van der Waals surface area (Å²) in [6.45, 7) is 6.75. The van der Waals surface area contributed by atoms with Crippen LogP contribution in [0.1, 0.15) is 45.8 Å². The summed E-state index contributed by atoms with van der Waals surface area (Å²) in [5.74, 6) is 1.71. The van der Waals surface area contributed by atoms with Crippen molar-refractivity contribution in [1.29, 1.82) is 0 Å². The minimum atomic E-state index is -0.474. The van der Waals surface area contributed by atoms with Crippen molar-refractivity contribution in [2.24, 2.45) is 0 Å². The topological polar surface area (TPSA) is 86.2 Å². The molecule has 0 spiro atoms. The van der Waals surface area contributed by atoms with Gasteiger partial charge in [-0.1, -0.05) is 6.07 Å². The van der Waals surface area contributed by atoms with Gasteiger partial charge in [-0.25, -0.2) is 9.78 Å². The maximum absolute atomic E-state index is 13.2. The summed E-state index contributed by atoms with van der Waals surface area (Å²) in [6, 6.07) is 7.19. The second-order valence-corrected chi connectivity index (χ2v) is 9.25. The van der Waals surface area contributed by atoms with Crippen LogP contribution in [-0.4, -0.2) is 72.4 Å². The number of amides is 2. The molecule has 2 aliphatic heterocycles. The number of aryl methyl sites for hydroxylation is 2. The minimum Gasteiger partial charge on any atom is -0.447 e. The van der Waals surface area contributed by atoms with Crippen molar-refractivity contribution < 1.29 is 19.4 Å². The Kier molecular flexibility index (Phi) is 5.70. The molecule has 2 aromatic rings. The number of pyridine rings is 1. The molecule has 8 heteroatoms. The molecule has 1 aromatic heterocycles. The number of aliphatic hydroxyl groups excluding tert-OH is 1. The molecule has 0 unspecified atom stereocenters. The normalized spacial score (nSPS) is 20.9. The van der Waals surface area contributed by atoms with Crippen molar-refractivity contribution in [3.8, 4) is 0 Å². The molecule has 5 rings (SSSR count). The summed E-state index contributed by atoms with van der Waals surface area (Å²) in [7, 11) is 0. The summed E-state index contributed by atoms with van der Waals surface area (Å²) >= 11 is 0. The SMILES string of the molecule is Cc1cc(N2C(=O)OC[C@H]2CO)ccc1C(=O)N1CCN(c2ncc(C3CC3)cc2C)CC1. The smallest absolute Gasteiger partial charge is 0.414 e. The second-order valence-electron chi connectivity index (χ2n) is 9.25. The van der Waals surface area contributed by atoms with Gasteiger partial charge >= 0.3 is 6.09 Å². The standard InChI is InChI=1S/C25H30N4O4/c1-16-12-20(29-21(14-30)15-33-25(29)32)5-6-22(16)24(31)28-9-7-27(8-10-28)23-17(2)11-19(13-26-23)18-3-4-18/h5-6,11-13,18,21,30H,3-4,7-10,14-15H2,1-2H3/t21-/m1/s1. The number of rotatable bonds is 5. The average molecular weight is 451 g/mol. The number of carbonyl (C=O) groups is 2. The number of aromatic nitrogens is 1. The van der Waals surface area contributed by atoms with Gasteiger partial charge in [0.15, 0.2) is 0 Å². The van der Waals surface area contributed by atoms with Crippen LogP contribution in [-0.2, 0) is 4.74 Å². The van der Waals surface area contributed by atoms with Gasteiger partial charge < -0.3 is 19.6 Å². The second kappa shape index (κ2) is 8.67. The van der Waals surface area contributed by atoms with E-state index in [0.717, 1.165) is 24.5 Å². The Hall–Kier alpha value is -3.13. The van der Waals surface area contributed by atoms with Gasteiger partial charge in [-0.05, 0) is 67.5 Å². The van der Waals surface area contributed by atoms with E-state index in [1.165, 1.54) is 28.9 Å². The van der Waals surface area contributed by atoms with Gasteiger partial charge in [0, 0.05) is 43.6 Å². The fourth-order valence-electron chi connectivity index (χ4n) is 4.80. The van der Waals surface area contributed by atoms with Crippen LogP contribution in [0.5, 0.6) is 0 Å². The molecule has 3 aliphatic rings. The maximum atomic E-state index is 13.2. The zero-order valence-electron chi connectivity index (χ0n) is 19.2. The lowest BCUT2D eigenvalue weighted by atomic mass is 10.0. The quantitative estimate of drug-likeness (QED) is 0.754. The lowest BCUT2D eigenvalue weighted by Crippen LogP contribution is -2.49. The third kappa shape index (κ3) is 4.15. The fraction of sp³-hybridized carbons (Fsp3) is 0.480. The van der Waals surface area contributed by atoms with E-state index in [0.29, 0.717) is 30.3 Å². The van der Waals surface area contributed by atoms with Crippen molar-refractivity contribution in [1.82, 2.24) is 9.88 Å². The monoisotopic (exact) mass is 450 g/mol. The fourth-order valence-corrected chi connectivity index (χ4v) is 4.80. The molecule has 0 radical (unpaired) electrons. The van der Waals surface area contributed by atoms with Crippen LogP contribution < -0.4 is 9.80 Å². The first-order chi connectivity index (χ1) is 16.0. The molecule has 1 aromatic carbocycles. The zero-order valence-corrected chi connectivity index (χ0v) is 19.2. The number of aliphatic hydroxyl groups is 1. The molecule has 33 heavy (non-hydrogen) atoms. The summed E-state index contributed by atoms with van der Waals surface area (Å²) < 4.78 is 5.05. The molecule has 2 amide bonds. The molecule has 1 aliphatic carbocycles. The van der Waals surface area contributed by atoms with Gasteiger partial charge in [-0.3, -0.25) is 9.69 Å². The van der Waals surface area contributed by atoms with Crippen LogP contribution in [0.4, 0.5) is 16.3 Å². The number of cyclic esters (lactones) is 1. The first kappa shape index (κ1) is 21.7. The number of carbonyl (C=O) groups excluding carboxylic acids is 2. The molecule has 8 nitrogen and oxygen atoms in total. The number of hydrogen-bond acceptors (Lipinski definition) is 6. The van der Waals surface area contributed by atoms with E-state index in [1.807, 2.05) is 24.1 Å². The van der Waals surface area contributed by atoms with Crippen molar-refractivity contribution in [2.45, 2.75) is 38.6 Å². The van der Waals surface area contributed by atoms with Gasteiger partial charge in [0.2, 0.25) is 0 Å². The predicted molar refractivity (Wildman–Crippen MR) is 125 cm³/mol. The van der Waals surface area contributed by atoms with Gasteiger partial charge in [0.25, 0.3) is 5.91 Å². The molecule has 1 N–H and O–H groups in total. The van der Waals surface area contributed by atoms with Gasteiger partial charge in [-0.15, -0.1) is 0 Å². The van der Waals surface area contributed by atoms with Crippen LogP contribution in [0.25, 0.3) is 0 Å². The Balaban J connectivity index is 1.25. The minimum absolute atomic E-state index is 0.00447. The third-order valence-corrected chi connectivity index (χ3v) is 6.88. The Morgan fingerprint density at radius 3 is 2.52 bits per heavy atom. The highest BCUT2D eigenvalue weighted by Gasteiger charge is 2.34. The summed E-state index contributed by atoms with van der Waals surface area (Å²) in [5.41, 5.74) is 4.60. The van der Waals surface area contributed by atoms with E-state index in [2.05, 4.69) is 17.9 Å². The Morgan fingerprint density at radius 1 is 1.12 bits per heavy atom. The van der Waals surface area contributed by atoms with E-state index in [-0.39, 0.29) is 19.1 Å². The Bertz CT molecular complexity index is 1080. The summed E-state index contributed by atoms with van der Waals surface area (Å²) in [4.78, 5) is 35.6. The number of anilines is 2. The van der Waals surface area contributed by atoms with Crippen LogP contribution >= 0.6 is 0 Å². The third-order valence-electron chi connectivity index (χ3n) is 6.88. The number of nitrogens with zero attached hydrogens (tertiary/aromatic N) is 4. The summed E-state index contributed by atoms with van der Waals surface area (Å²) in [6.07, 6.45) is 4.08. The highest BCUT2D eigenvalue weighted by Crippen LogP contribution is 2.40. The highest BCUT2D eigenvalue weighted by molar-refractivity contribution is 5.97. The van der Waals surface area contributed by atoms with E-state index in [1.54, 1.807) is 12.1 Å². The van der Waals surface area contributed by atoms with Crippen LogP contribution in [0.2, 0.25) is 0 Å². The lowest BCUT2D eigenvalue weighted by molar-refractivity contribution is 0.0745. The van der Waals surface area contributed by atoms with Crippen LogP contribution in [0.15, 0.2) is 30.5 Å². The van der Waals surface area contributed by atoms with E-state index in [9.17, 15) is 14.7 Å². The van der Waals surface area contributed by atoms with Gasteiger partial charge in [0.05, 0.1) is 12.6 Å². The largest absolute Gasteiger partial charge is 0.447 e. The lowest BCUT2D eigenvalue weighted by Gasteiger charge is -2.36. The number of piperazine rings is 1. The molecule has 3 fully saturated rings. The molecule has 2 saturated heterocycles. The van der Waals surface area contributed by atoms with Crippen molar-refractivity contribution in [3.63, 3.8) is 0 Å². The zero-order chi connectivity index (χ0) is 23.1. The predicted octanol–water partition coefficient (Wildman–Crippen LogP) is 2.86. The molecule has 0 bridgehead atoms. The molecule has 1 saturated carbocycles. The maximum Gasteiger partial charge on any atom is 0.414 e. The number of benzene rings is 1. The Labute approximate surface area is 193 Å². The number of hydrogen-bond donors (Lipinski definition) is 1. The molecule has 3 heterocycles. The van der Waals surface area contributed by atoms with Crippen LogP contribution in [0.3, 0.4) is 0 Å². The van der Waals surface area contributed by atoms with E-state index in [4.69, 9.17) is 9.72 Å².